The lowest BCUT2D eigenvalue weighted by molar-refractivity contribution is -0.122. The minimum absolute atomic E-state index is 0.125. The number of hydrogen-bond acceptors (Lipinski definition) is 3. The first-order valence-electron chi connectivity index (χ1n) is 7.75. The van der Waals surface area contributed by atoms with Gasteiger partial charge in [-0.2, -0.15) is 0 Å². The van der Waals surface area contributed by atoms with Gasteiger partial charge in [0.2, 0.25) is 5.91 Å². The SMILES string of the molecule is O=C(CC1(O)CCCCC1)Nc1ccc(-n2ccnc2)cc1. The lowest BCUT2D eigenvalue weighted by atomic mass is 9.82. The zero-order valence-corrected chi connectivity index (χ0v) is 12.5. The Hall–Kier alpha value is -2.14. The second-order valence-corrected chi connectivity index (χ2v) is 6.03. The molecular weight excluding hydrogens is 278 g/mol. The van der Waals surface area contributed by atoms with Crippen molar-refractivity contribution in [2.75, 3.05) is 5.32 Å². The van der Waals surface area contributed by atoms with Crippen molar-refractivity contribution in [2.45, 2.75) is 44.1 Å². The van der Waals surface area contributed by atoms with Crippen LogP contribution in [0.25, 0.3) is 5.69 Å². The van der Waals surface area contributed by atoms with Crippen LogP contribution >= 0.6 is 0 Å². The van der Waals surface area contributed by atoms with Crippen LogP contribution in [0.1, 0.15) is 38.5 Å². The first-order valence-corrected chi connectivity index (χ1v) is 7.75. The van der Waals surface area contributed by atoms with E-state index in [2.05, 4.69) is 10.3 Å². The highest BCUT2D eigenvalue weighted by Gasteiger charge is 2.31. The molecule has 0 radical (unpaired) electrons. The predicted molar refractivity (Wildman–Crippen MR) is 84.8 cm³/mol. The quantitative estimate of drug-likeness (QED) is 0.912. The van der Waals surface area contributed by atoms with Gasteiger partial charge >= 0.3 is 0 Å². The Labute approximate surface area is 130 Å². The van der Waals surface area contributed by atoms with Crippen molar-refractivity contribution in [1.29, 1.82) is 0 Å². The van der Waals surface area contributed by atoms with Crippen molar-refractivity contribution in [3.8, 4) is 5.69 Å². The maximum absolute atomic E-state index is 12.1. The molecule has 5 nitrogen and oxygen atoms in total. The molecule has 0 unspecified atom stereocenters. The summed E-state index contributed by atoms with van der Waals surface area (Å²) in [6.07, 6.45) is 10.1. The van der Waals surface area contributed by atoms with Crippen LogP contribution in [-0.4, -0.2) is 26.2 Å². The molecule has 0 spiro atoms. The summed E-state index contributed by atoms with van der Waals surface area (Å²) in [5.41, 5.74) is 0.911. The number of amides is 1. The van der Waals surface area contributed by atoms with E-state index in [1.165, 1.54) is 0 Å². The standard InChI is InChI=1S/C17H21N3O2/c21-16(12-17(22)8-2-1-3-9-17)19-14-4-6-15(7-5-14)20-11-10-18-13-20/h4-7,10-11,13,22H,1-3,8-9,12H2,(H,19,21). The van der Waals surface area contributed by atoms with Crippen molar-refractivity contribution >= 4 is 11.6 Å². The topological polar surface area (TPSA) is 67.2 Å². The number of nitrogens with one attached hydrogen (secondary N) is 1. The lowest BCUT2D eigenvalue weighted by Gasteiger charge is -2.31. The van der Waals surface area contributed by atoms with Crippen LogP contribution in [-0.2, 0) is 4.79 Å². The van der Waals surface area contributed by atoms with Crippen molar-refractivity contribution in [1.82, 2.24) is 9.55 Å². The number of nitrogens with zero attached hydrogens (tertiary/aromatic N) is 2. The summed E-state index contributed by atoms with van der Waals surface area (Å²) in [7, 11) is 0. The van der Waals surface area contributed by atoms with Gasteiger partial charge in [0.25, 0.3) is 0 Å². The number of imidazole rings is 1. The van der Waals surface area contributed by atoms with Gasteiger partial charge < -0.3 is 15.0 Å². The first kappa shape index (κ1) is 14.8. The van der Waals surface area contributed by atoms with E-state index in [4.69, 9.17) is 0 Å². The number of carbonyl (C=O) groups excluding carboxylic acids is 1. The minimum atomic E-state index is -0.820. The molecule has 2 aromatic rings. The fourth-order valence-electron chi connectivity index (χ4n) is 3.02. The third kappa shape index (κ3) is 3.54. The molecule has 0 atom stereocenters. The van der Waals surface area contributed by atoms with Crippen LogP contribution in [0.2, 0.25) is 0 Å². The number of aliphatic hydroxyl groups is 1. The van der Waals surface area contributed by atoms with Gasteiger partial charge in [-0.05, 0) is 37.1 Å². The monoisotopic (exact) mass is 299 g/mol. The van der Waals surface area contributed by atoms with Crippen LogP contribution in [0.15, 0.2) is 43.0 Å². The Kier molecular flexibility index (Phi) is 4.24. The van der Waals surface area contributed by atoms with Crippen LogP contribution in [0.3, 0.4) is 0 Å². The maximum Gasteiger partial charge on any atom is 0.227 e. The second-order valence-electron chi connectivity index (χ2n) is 6.03. The summed E-state index contributed by atoms with van der Waals surface area (Å²) in [4.78, 5) is 16.1. The van der Waals surface area contributed by atoms with Gasteiger partial charge in [-0.3, -0.25) is 4.79 Å². The van der Waals surface area contributed by atoms with E-state index in [1.54, 1.807) is 12.5 Å². The van der Waals surface area contributed by atoms with Gasteiger partial charge in [0.05, 0.1) is 18.3 Å². The fourth-order valence-corrected chi connectivity index (χ4v) is 3.02. The number of anilines is 1. The zero-order chi connectivity index (χ0) is 15.4. The molecule has 5 heteroatoms. The molecular formula is C17H21N3O2. The molecule has 1 aliphatic rings. The Morgan fingerprint density at radius 1 is 1.23 bits per heavy atom. The average Bonchev–Trinajstić information content (AvgIpc) is 3.02. The third-order valence-corrected chi connectivity index (χ3v) is 4.23. The normalized spacial score (nSPS) is 17.1. The van der Waals surface area contributed by atoms with Gasteiger partial charge in [-0.1, -0.05) is 19.3 Å². The first-order chi connectivity index (χ1) is 10.6. The predicted octanol–water partition coefficient (Wildman–Crippen LogP) is 2.90. The molecule has 1 aliphatic carbocycles. The summed E-state index contributed by atoms with van der Waals surface area (Å²) >= 11 is 0. The summed E-state index contributed by atoms with van der Waals surface area (Å²) in [6, 6.07) is 7.57. The molecule has 116 valence electrons. The molecule has 2 N–H and O–H groups in total. The minimum Gasteiger partial charge on any atom is -0.389 e. The fraction of sp³-hybridized carbons (Fsp3) is 0.412. The highest BCUT2D eigenvalue weighted by atomic mass is 16.3. The molecule has 3 rings (SSSR count). The largest absolute Gasteiger partial charge is 0.389 e. The Morgan fingerprint density at radius 3 is 2.59 bits per heavy atom. The molecule has 22 heavy (non-hydrogen) atoms. The van der Waals surface area contributed by atoms with Crippen LogP contribution in [0.4, 0.5) is 5.69 Å². The van der Waals surface area contributed by atoms with Crippen LogP contribution < -0.4 is 5.32 Å². The highest BCUT2D eigenvalue weighted by molar-refractivity contribution is 5.91. The van der Waals surface area contributed by atoms with Gasteiger partial charge in [0.15, 0.2) is 0 Å². The summed E-state index contributed by atoms with van der Waals surface area (Å²) in [5, 5.41) is 13.3. The average molecular weight is 299 g/mol. The number of carbonyl (C=O) groups is 1. The molecule has 0 bridgehead atoms. The number of benzene rings is 1. The molecule has 0 aliphatic heterocycles. The molecule has 0 saturated heterocycles. The molecule has 1 saturated carbocycles. The van der Waals surface area contributed by atoms with Gasteiger partial charge in [0, 0.05) is 23.8 Å². The Balaban J connectivity index is 1.59. The van der Waals surface area contributed by atoms with E-state index in [1.807, 2.05) is 35.0 Å². The summed E-state index contributed by atoms with van der Waals surface area (Å²) in [6.45, 7) is 0. The number of rotatable bonds is 4. The van der Waals surface area contributed by atoms with Gasteiger partial charge in [0.1, 0.15) is 0 Å². The van der Waals surface area contributed by atoms with Crippen molar-refractivity contribution in [2.24, 2.45) is 0 Å². The highest BCUT2D eigenvalue weighted by Crippen LogP contribution is 2.31. The zero-order valence-electron chi connectivity index (χ0n) is 12.5. The third-order valence-electron chi connectivity index (χ3n) is 4.23. The van der Waals surface area contributed by atoms with E-state index in [0.29, 0.717) is 0 Å². The molecule has 1 heterocycles. The summed E-state index contributed by atoms with van der Waals surface area (Å²) < 4.78 is 1.90. The van der Waals surface area contributed by atoms with Crippen molar-refractivity contribution < 1.29 is 9.90 Å². The Bertz CT molecular complexity index is 614. The maximum atomic E-state index is 12.1. The van der Waals surface area contributed by atoms with Gasteiger partial charge in [-0.25, -0.2) is 4.98 Å². The number of hydrogen-bond donors (Lipinski definition) is 2. The van der Waals surface area contributed by atoms with E-state index < -0.39 is 5.60 Å². The van der Waals surface area contributed by atoms with Crippen LogP contribution in [0, 0.1) is 0 Å². The Morgan fingerprint density at radius 2 is 1.95 bits per heavy atom. The van der Waals surface area contributed by atoms with E-state index in [-0.39, 0.29) is 12.3 Å². The van der Waals surface area contributed by atoms with E-state index >= 15 is 0 Å². The van der Waals surface area contributed by atoms with Gasteiger partial charge in [-0.15, -0.1) is 0 Å². The summed E-state index contributed by atoms with van der Waals surface area (Å²) in [5.74, 6) is -0.125. The van der Waals surface area contributed by atoms with Crippen LogP contribution in [0.5, 0.6) is 0 Å². The molecule has 1 amide bonds. The second kappa shape index (κ2) is 6.32. The van der Waals surface area contributed by atoms with E-state index in [0.717, 1.165) is 43.5 Å². The molecule has 1 fully saturated rings. The molecule has 1 aromatic carbocycles. The molecule has 1 aromatic heterocycles. The lowest BCUT2D eigenvalue weighted by Crippen LogP contribution is -2.35. The van der Waals surface area contributed by atoms with E-state index in [9.17, 15) is 9.90 Å². The number of aromatic nitrogens is 2. The van der Waals surface area contributed by atoms with Crippen molar-refractivity contribution in [3.05, 3.63) is 43.0 Å². The smallest absolute Gasteiger partial charge is 0.227 e. The van der Waals surface area contributed by atoms with Crippen molar-refractivity contribution in [3.63, 3.8) is 0 Å².